The van der Waals surface area contributed by atoms with Crippen LogP contribution in [0.15, 0.2) is 83.9 Å². The number of hydrogen-bond donors (Lipinski definition) is 0. The van der Waals surface area contributed by atoms with Gasteiger partial charge in [-0.25, -0.2) is 0 Å². The lowest BCUT2D eigenvalue weighted by atomic mass is 9.80. The predicted octanol–water partition coefficient (Wildman–Crippen LogP) is 5.32. The Morgan fingerprint density at radius 3 is 1.55 bits per heavy atom. The van der Waals surface area contributed by atoms with Crippen molar-refractivity contribution in [3.63, 3.8) is 0 Å². The minimum atomic E-state index is -0.436. The van der Waals surface area contributed by atoms with E-state index in [1.54, 1.807) is 0 Å². The summed E-state index contributed by atoms with van der Waals surface area (Å²) in [6.45, 7) is 2.02. The van der Waals surface area contributed by atoms with Crippen molar-refractivity contribution in [3.05, 3.63) is 117 Å². The molecule has 3 aromatic carbocycles. The Hall–Kier alpha value is -3.72. The fourth-order valence-electron chi connectivity index (χ4n) is 4.63. The molecule has 3 nitrogen and oxygen atoms in total. The Bertz CT molecular complexity index is 1230. The van der Waals surface area contributed by atoms with Gasteiger partial charge in [0.05, 0.1) is 11.1 Å². The molecule has 0 fully saturated rings. The van der Waals surface area contributed by atoms with Gasteiger partial charge in [0, 0.05) is 28.2 Å². The molecule has 0 N–H and O–H groups in total. The van der Waals surface area contributed by atoms with E-state index in [9.17, 15) is 9.59 Å². The van der Waals surface area contributed by atoms with E-state index >= 15 is 0 Å². The van der Waals surface area contributed by atoms with Crippen molar-refractivity contribution in [2.45, 2.75) is 12.8 Å². The molecule has 29 heavy (non-hydrogen) atoms. The molecule has 1 aliphatic heterocycles. The molecular formula is C26H16O3. The number of allylic oxidation sites excluding steroid dienone is 2. The van der Waals surface area contributed by atoms with Gasteiger partial charge in [-0.15, -0.1) is 0 Å². The molecule has 0 unspecified atom stereocenters. The number of carbonyl (C=O) groups is 2. The summed E-state index contributed by atoms with van der Waals surface area (Å²) in [4.78, 5) is 26.8. The molecule has 3 heteroatoms. The first-order valence-electron chi connectivity index (χ1n) is 9.66. The number of carbonyl (C=O) groups excluding carboxylic acids is 2. The maximum absolute atomic E-state index is 13.4. The summed E-state index contributed by atoms with van der Waals surface area (Å²) in [5.74, 6) is 0.612. The second-order valence-corrected chi connectivity index (χ2v) is 7.68. The van der Waals surface area contributed by atoms with Gasteiger partial charge < -0.3 is 4.74 Å². The Kier molecular flexibility index (Phi) is 3.16. The standard InChI is InChI=1S/C26H16O3/c1-14-10-12-15(13-11-14)20-21-23(27)16-6-2-4-8-18(16)25(21)29-26-19-9-5-3-7-17(19)24(28)22(20)26/h2-13,20H,1H3. The highest BCUT2D eigenvalue weighted by Gasteiger charge is 2.48. The van der Waals surface area contributed by atoms with Crippen LogP contribution < -0.4 is 0 Å². The number of ketones is 2. The summed E-state index contributed by atoms with van der Waals surface area (Å²) in [5, 5.41) is 0. The van der Waals surface area contributed by atoms with Crippen molar-refractivity contribution < 1.29 is 14.3 Å². The molecule has 3 aliphatic rings. The first-order chi connectivity index (χ1) is 14.1. The fourth-order valence-corrected chi connectivity index (χ4v) is 4.63. The number of Topliss-reactive ketones (excluding diaryl/α,β-unsaturated/α-hetero) is 2. The summed E-state index contributed by atoms with van der Waals surface area (Å²) < 4.78 is 6.32. The van der Waals surface area contributed by atoms with Gasteiger partial charge in [-0.1, -0.05) is 78.4 Å². The van der Waals surface area contributed by atoms with Crippen molar-refractivity contribution in [2.24, 2.45) is 0 Å². The zero-order valence-electron chi connectivity index (χ0n) is 15.7. The smallest absolute Gasteiger partial charge is 0.194 e. The van der Waals surface area contributed by atoms with E-state index in [1.165, 1.54) is 0 Å². The molecule has 0 saturated heterocycles. The zero-order chi connectivity index (χ0) is 19.7. The molecule has 6 rings (SSSR count). The van der Waals surface area contributed by atoms with Crippen LogP contribution in [0.1, 0.15) is 48.9 Å². The van der Waals surface area contributed by atoms with E-state index in [0.717, 1.165) is 22.3 Å². The van der Waals surface area contributed by atoms with E-state index in [1.807, 2.05) is 79.7 Å². The van der Waals surface area contributed by atoms with Crippen molar-refractivity contribution >= 4 is 23.1 Å². The zero-order valence-corrected chi connectivity index (χ0v) is 15.7. The number of rotatable bonds is 1. The first kappa shape index (κ1) is 16.3. The van der Waals surface area contributed by atoms with Gasteiger partial charge in [-0.2, -0.15) is 0 Å². The summed E-state index contributed by atoms with van der Waals surface area (Å²) in [6.07, 6.45) is 0. The van der Waals surface area contributed by atoms with Crippen LogP contribution in [0, 0.1) is 6.92 Å². The second kappa shape index (κ2) is 5.65. The Morgan fingerprint density at radius 2 is 1.07 bits per heavy atom. The van der Waals surface area contributed by atoms with E-state index < -0.39 is 5.92 Å². The second-order valence-electron chi connectivity index (χ2n) is 7.68. The minimum Gasteiger partial charge on any atom is -0.455 e. The molecule has 138 valence electrons. The molecule has 0 atom stereocenters. The summed E-state index contributed by atoms with van der Waals surface area (Å²) in [5.41, 5.74) is 6.06. The summed E-state index contributed by atoms with van der Waals surface area (Å²) >= 11 is 0. The largest absolute Gasteiger partial charge is 0.455 e. The molecule has 3 aromatic rings. The van der Waals surface area contributed by atoms with Crippen LogP contribution in [0.25, 0.3) is 11.5 Å². The Labute approximate surface area is 168 Å². The van der Waals surface area contributed by atoms with Crippen LogP contribution in [-0.4, -0.2) is 11.6 Å². The van der Waals surface area contributed by atoms with E-state index in [4.69, 9.17) is 4.74 Å². The van der Waals surface area contributed by atoms with Gasteiger partial charge in [0.1, 0.15) is 11.5 Å². The van der Waals surface area contributed by atoms with Gasteiger partial charge in [-0.3, -0.25) is 9.59 Å². The highest BCUT2D eigenvalue weighted by Crippen LogP contribution is 2.54. The van der Waals surface area contributed by atoms with Crippen molar-refractivity contribution in [1.82, 2.24) is 0 Å². The SMILES string of the molecule is Cc1ccc(C2C3=C(OC4=C2C(=O)c2ccccc24)c2ccccc2C3=O)cc1. The lowest BCUT2D eigenvalue weighted by Gasteiger charge is -2.26. The molecule has 0 spiro atoms. The maximum atomic E-state index is 13.4. The monoisotopic (exact) mass is 376 g/mol. The first-order valence-corrected chi connectivity index (χ1v) is 9.66. The number of benzene rings is 3. The maximum Gasteiger partial charge on any atom is 0.194 e. The van der Waals surface area contributed by atoms with Gasteiger partial charge in [0.2, 0.25) is 0 Å². The minimum absolute atomic E-state index is 0.0588. The summed E-state index contributed by atoms with van der Waals surface area (Å²) in [7, 11) is 0. The van der Waals surface area contributed by atoms with Gasteiger partial charge in [0.25, 0.3) is 0 Å². The molecular weight excluding hydrogens is 360 g/mol. The van der Waals surface area contributed by atoms with Gasteiger partial charge in [-0.05, 0) is 12.5 Å². The van der Waals surface area contributed by atoms with Crippen LogP contribution in [0.4, 0.5) is 0 Å². The summed E-state index contributed by atoms with van der Waals surface area (Å²) in [6, 6.07) is 23.1. The van der Waals surface area contributed by atoms with Crippen molar-refractivity contribution in [2.75, 3.05) is 0 Å². The average molecular weight is 376 g/mol. The number of hydrogen-bond acceptors (Lipinski definition) is 3. The van der Waals surface area contributed by atoms with Crippen molar-refractivity contribution in [1.29, 1.82) is 0 Å². The third-order valence-electron chi connectivity index (χ3n) is 6.00. The molecule has 0 bridgehead atoms. The third-order valence-corrected chi connectivity index (χ3v) is 6.00. The number of aryl methyl sites for hydroxylation is 1. The lowest BCUT2D eigenvalue weighted by Crippen LogP contribution is -2.19. The average Bonchev–Trinajstić information content (AvgIpc) is 3.21. The van der Waals surface area contributed by atoms with E-state index in [-0.39, 0.29) is 11.6 Å². The third kappa shape index (κ3) is 2.07. The van der Waals surface area contributed by atoms with Gasteiger partial charge in [0.15, 0.2) is 11.6 Å². The topological polar surface area (TPSA) is 43.4 Å². The van der Waals surface area contributed by atoms with Gasteiger partial charge >= 0.3 is 0 Å². The van der Waals surface area contributed by atoms with Crippen molar-refractivity contribution in [3.8, 4) is 0 Å². The van der Waals surface area contributed by atoms with Crippen LogP contribution in [0.3, 0.4) is 0 Å². The highest BCUT2D eigenvalue weighted by molar-refractivity contribution is 6.27. The normalized spacial score (nSPS) is 17.1. The molecule has 0 radical (unpaired) electrons. The van der Waals surface area contributed by atoms with E-state index in [2.05, 4.69) is 0 Å². The van der Waals surface area contributed by atoms with Crippen LogP contribution in [-0.2, 0) is 4.74 Å². The molecule has 0 aromatic heterocycles. The lowest BCUT2D eigenvalue weighted by molar-refractivity contribution is 0.102. The van der Waals surface area contributed by atoms with Crippen LogP contribution in [0.2, 0.25) is 0 Å². The number of fused-ring (bicyclic) bond motifs is 4. The molecule has 0 amide bonds. The Morgan fingerprint density at radius 1 is 0.621 bits per heavy atom. The number of ether oxygens (including phenoxy) is 1. The molecule has 0 saturated carbocycles. The molecule has 2 aliphatic carbocycles. The highest BCUT2D eigenvalue weighted by atomic mass is 16.5. The predicted molar refractivity (Wildman–Crippen MR) is 110 cm³/mol. The quantitative estimate of drug-likeness (QED) is 0.577. The molecule has 1 heterocycles. The Balaban J connectivity index is 1.64. The van der Waals surface area contributed by atoms with E-state index in [0.29, 0.717) is 33.8 Å². The fraction of sp³-hybridized carbons (Fsp3) is 0.0769. The van der Waals surface area contributed by atoms with Crippen LogP contribution in [0.5, 0.6) is 0 Å². The van der Waals surface area contributed by atoms with Crippen LogP contribution >= 0.6 is 0 Å².